The summed E-state index contributed by atoms with van der Waals surface area (Å²) < 4.78 is 12.5. The zero-order chi connectivity index (χ0) is 8.32. The van der Waals surface area contributed by atoms with Crippen LogP contribution in [0.2, 0.25) is 0 Å². The summed E-state index contributed by atoms with van der Waals surface area (Å²) in [5.74, 6) is 0. The lowest BCUT2D eigenvalue weighted by molar-refractivity contribution is 0.0318. The molecule has 0 spiro atoms. The Kier molecular flexibility index (Phi) is 2.84. The summed E-state index contributed by atoms with van der Waals surface area (Å²) in [6, 6.07) is 0. The molecule has 0 aromatic heterocycles. The largest absolute Gasteiger partial charge is 0.396 e. The number of likely N-dealkylation sites (tertiary alicyclic amines) is 1. The van der Waals surface area contributed by atoms with Crippen LogP contribution in [0.25, 0.3) is 0 Å². The van der Waals surface area contributed by atoms with Crippen LogP contribution in [-0.2, 0) is 0 Å². The molecule has 0 aliphatic carbocycles. The van der Waals surface area contributed by atoms with Gasteiger partial charge in [0.2, 0.25) is 0 Å². The third kappa shape index (κ3) is 1.91. The van der Waals surface area contributed by atoms with E-state index in [-0.39, 0.29) is 13.3 Å². The third-order valence-electron chi connectivity index (χ3n) is 2.67. The number of alkyl halides is 1. The summed E-state index contributed by atoms with van der Waals surface area (Å²) in [6.45, 7) is 1.43. The van der Waals surface area contributed by atoms with Crippen LogP contribution in [0.3, 0.4) is 0 Å². The molecule has 1 heterocycles. The molecule has 0 atom stereocenters. The molecule has 1 rings (SSSR count). The van der Waals surface area contributed by atoms with E-state index < -0.39 is 5.41 Å². The van der Waals surface area contributed by atoms with E-state index in [2.05, 4.69) is 4.90 Å². The van der Waals surface area contributed by atoms with Gasteiger partial charge in [-0.15, -0.1) is 0 Å². The number of aliphatic hydroxyl groups excluding tert-OH is 1. The molecular weight excluding hydrogens is 145 g/mol. The van der Waals surface area contributed by atoms with Crippen LogP contribution in [0.1, 0.15) is 12.8 Å². The molecular formula is C8H16FNO. The highest BCUT2D eigenvalue weighted by Gasteiger charge is 2.32. The highest BCUT2D eigenvalue weighted by molar-refractivity contribution is 4.83. The molecule has 0 aromatic carbocycles. The number of piperidine rings is 1. The van der Waals surface area contributed by atoms with Crippen LogP contribution in [0.15, 0.2) is 0 Å². The summed E-state index contributed by atoms with van der Waals surface area (Å²) in [5, 5.41) is 8.97. The average molecular weight is 161 g/mol. The maximum atomic E-state index is 12.5. The molecule has 2 nitrogen and oxygen atoms in total. The van der Waals surface area contributed by atoms with Gasteiger partial charge in [-0.1, -0.05) is 0 Å². The van der Waals surface area contributed by atoms with Crippen molar-refractivity contribution < 1.29 is 9.50 Å². The van der Waals surface area contributed by atoms with E-state index in [0.717, 1.165) is 25.9 Å². The van der Waals surface area contributed by atoms with Crippen molar-refractivity contribution in [1.29, 1.82) is 0 Å². The Bertz CT molecular complexity index is 115. The minimum absolute atomic E-state index is 0.00264. The normalized spacial score (nSPS) is 25.4. The number of hydrogen-bond acceptors (Lipinski definition) is 2. The van der Waals surface area contributed by atoms with Crippen LogP contribution in [0, 0.1) is 5.41 Å². The third-order valence-corrected chi connectivity index (χ3v) is 2.67. The number of nitrogens with zero attached hydrogens (tertiary/aromatic N) is 1. The van der Waals surface area contributed by atoms with Gasteiger partial charge in [-0.25, -0.2) is 0 Å². The van der Waals surface area contributed by atoms with Crippen LogP contribution < -0.4 is 0 Å². The minimum Gasteiger partial charge on any atom is -0.396 e. The van der Waals surface area contributed by atoms with Crippen LogP contribution in [-0.4, -0.2) is 43.4 Å². The second-order valence-electron chi connectivity index (χ2n) is 3.60. The maximum Gasteiger partial charge on any atom is 0.0973 e. The van der Waals surface area contributed by atoms with Crippen molar-refractivity contribution in [3.8, 4) is 0 Å². The molecule has 0 amide bonds. The van der Waals surface area contributed by atoms with Crippen molar-refractivity contribution in [3.63, 3.8) is 0 Å². The molecule has 1 N–H and O–H groups in total. The zero-order valence-electron chi connectivity index (χ0n) is 7.02. The van der Waals surface area contributed by atoms with Crippen molar-refractivity contribution >= 4 is 0 Å². The van der Waals surface area contributed by atoms with E-state index in [1.165, 1.54) is 0 Å². The van der Waals surface area contributed by atoms with Crippen LogP contribution in [0.4, 0.5) is 4.39 Å². The topological polar surface area (TPSA) is 23.5 Å². The molecule has 0 unspecified atom stereocenters. The molecule has 1 fully saturated rings. The van der Waals surface area contributed by atoms with Crippen LogP contribution in [0.5, 0.6) is 0 Å². The van der Waals surface area contributed by atoms with E-state index in [4.69, 9.17) is 5.11 Å². The summed E-state index contributed by atoms with van der Waals surface area (Å²) in [6.07, 6.45) is 1.58. The van der Waals surface area contributed by atoms with Crippen LogP contribution >= 0.6 is 0 Å². The molecule has 0 aromatic rings. The lowest BCUT2D eigenvalue weighted by atomic mass is 9.80. The Morgan fingerprint density at radius 3 is 2.36 bits per heavy atom. The molecule has 0 bridgehead atoms. The van der Waals surface area contributed by atoms with E-state index in [0.29, 0.717) is 0 Å². The number of hydrogen-bond donors (Lipinski definition) is 1. The first kappa shape index (κ1) is 8.94. The van der Waals surface area contributed by atoms with Gasteiger partial charge < -0.3 is 10.0 Å². The predicted octanol–water partition coefficient (Wildman–Crippen LogP) is 0.660. The van der Waals surface area contributed by atoms with Gasteiger partial charge in [-0.2, -0.15) is 0 Å². The standard InChI is InChI=1S/C8H16FNO/c1-10-4-2-8(6-9,7-11)3-5-10/h11H,2-7H2,1H3. The quantitative estimate of drug-likeness (QED) is 0.643. The van der Waals surface area contributed by atoms with Crippen molar-refractivity contribution in [1.82, 2.24) is 4.90 Å². The number of aliphatic hydroxyl groups is 1. The maximum absolute atomic E-state index is 12.5. The van der Waals surface area contributed by atoms with Gasteiger partial charge in [0.25, 0.3) is 0 Å². The highest BCUT2D eigenvalue weighted by Crippen LogP contribution is 2.30. The Morgan fingerprint density at radius 2 is 2.00 bits per heavy atom. The van der Waals surface area contributed by atoms with E-state index in [1.54, 1.807) is 0 Å². The Morgan fingerprint density at radius 1 is 1.45 bits per heavy atom. The van der Waals surface area contributed by atoms with Gasteiger partial charge in [0.15, 0.2) is 0 Å². The zero-order valence-corrected chi connectivity index (χ0v) is 7.02. The minimum atomic E-state index is -0.410. The lowest BCUT2D eigenvalue weighted by Gasteiger charge is -2.37. The Labute approximate surface area is 67.0 Å². The second-order valence-corrected chi connectivity index (χ2v) is 3.60. The van der Waals surface area contributed by atoms with E-state index >= 15 is 0 Å². The Balaban J connectivity index is 2.45. The van der Waals surface area contributed by atoms with Crippen molar-refractivity contribution in [2.24, 2.45) is 5.41 Å². The molecule has 0 saturated carbocycles. The fraction of sp³-hybridized carbons (Fsp3) is 1.00. The molecule has 3 heteroatoms. The summed E-state index contributed by atoms with van der Waals surface area (Å²) in [5.41, 5.74) is -0.410. The smallest absolute Gasteiger partial charge is 0.0973 e. The predicted molar refractivity (Wildman–Crippen MR) is 42.2 cm³/mol. The summed E-state index contributed by atoms with van der Waals surface area (Å²) in [4.78, 5) is 2.17. The van der Waals surface area contributed by atoms with Gasteiger partial charge in [-0.3, -0.25) is 4.39 Å². The monoisotopic (exact) mass is 161 g/mol. The first-order valence-corrected chi connectivity index (χ1v) is 4.08. The molecule has 0 radical (unpaired) electrons. The fourth-order valence-electron chi connectivity index (χ4n) is 1.43. The fourth-order valence-corrected chi connectivity index (χ4v) is 1.43. The van der Waals surface area contributed by atoms with Gasteiger partial charge >= 0.3 is 0 Å². The Hall–Kier alpha value is -0.150. The second kappa shape index (κ2) is 3.50. The number of halogens is 1. The van der Waals surface area contributed by atoms with Gasteiger partial charge in [0.1, 0.15) is 0 Å². The molecule has 11 heavy (non-hydrogen) atoms. The average Bonchev–Trinajstić information content (AvgIpc) is 2.07. The van der Waals surface area contributed by atoms with E-state index in [1.807, 2.05) is 7.05 Å². The van der Waals surface area contributed by atoms with Gasteiger partial charge in [-0.05, 0) is 33.0 Å². The molecule has 1 aliphatic heterocycles. The summed E-state index contributed by atoms with van der Waals surface area (Å²) >= 11 is 0. The number of rotatable bonds is 2. The summed E-state index contributed by atoms with van der Waals surface area (Å²) in [7, 11) is 2.03. The molecule has 1 aliphatic rings. The van der Waals surface area contributed by atoms with Crippen molar-refractivity contribution in [3.05, 3.63) is 0 Å². The lowest BCUT2D eigenvalue weighted by Crippen LogP contribution is -2.41. The van der Waals surface area contributed by atoms with Crippen molar-refractivity contribution in [2.45, 2.75) is 12.8 Å². The van der Waals surface area contributed by atoms with Crippen molar-refractivity contribution in [2.75, 3.05) is 33.4 Å². The van der Waals surface area contributed by atoms with E-state index in [9.17, 15) is 4.39 Å². The first-order valence-electron chi connectivity index (χ1n) is 4.08. The van der Waals surface area contributed by atoms with Gasteiger partial charge in [0, 0.05) is 5.41 Å². The van der Waals surface area contributed by atoms with Gasteiger partial charge in [0.05, 0.1) is 13.3 Å². The highest BCUT2D eigenvalue weighted by atomic mass is 19.1. The first-order chi connectivity index (χ1) is 5.22. The molecule has 1 saturated heterocycles. The molecule has 66 valence electrons. The SMILES string of the molecule is CN1CCC(CO)(CF)CC1.